The molecule has 1 aromatic heterocycles. The highest BCUT2D eigenvalue weighted by Crippen LogP contribution is 2.24. The summed E-state index contributed by atoms with van der Waals surface area (Å²) in [6.07, 6.45) is -3.30. The molecule has 180 valence electrons. The Morgan fingerprint density at radius 2 is 1.66 bits per heavy atom. The molecule has 0 atom stereocenters. The van der Waals surface area contributed by atoms with Gasteiger partial charge in [-0.25, -0.2) is 14.5 Å². The summed E-state index contributed by atoms with van der Waals surface area (Å²) in [4.78, 5) is 16.5. The lowest BCUT2D eigenvalue weighted by Gasteiger charge is -2.09. The van der Waals surface area contributed by atoms with Crippen molar-refractivity contribution in [2.24, 2.45) is 0 Å². The summed E-state index contributed by atoms with van der Waals surface area (Å²) in [5.74, 6) is 0.743. The number of nitrogens with zero attached hydrogens (tertiary/aromatic N) is 3. The lowest BCUT2D eigenvalue weighted by Crippen LogP contribution is -2.19. The quantitative estimate of drug-likeness (QED) is 0.343. The zero-order valence-corrected chi connectivity index (χ0v) is 18.4. The fourth-order valence-electron chi connectivity index (χ4n) is 3.15. The molecule has 2 amide bonds. The first kappa shape index (κ1) is 23.6. The van der Waals surface area contributed by atoms with E-state index in [1.165, 1.54) is 35.3 Å². The van der Waals surface area contributed by atoms with Crippen LogP contribution in [0.2, 0.25) is 0 Å². The molecule has 0 fully saturated rings. The summed E-state index contributed by atoms with van der Waals surface area (Å²) in [6.45, 7) is 2.41. The van der Waals surface area contributed by atoms with Gasteiger partial charge >= 0.3 is 12.4 Å². The van der Waals surface area contributed by atoms with Gasteiger partial charge in [-0.3, -0.25) is 0 Å². The normalized spacial score (nSPS) is 11.1. The van der Waals surface area contributed by atoms with Crippen LogP contribution in [0.1, 0.15) is 6.92 Å². The number of alkyl halides is 3. The second-order valence-corrected chi connectivity index (χ2v) is 7.17. The molecule has 4 rings (SSSR count). The van der Waals surface area contributed by atoms with Crippen LogP contribution in [-0.4, -0.2) is 33.8 Å². The average molecular weight is 483 g/mol. The zero-order valence-electron chi connectivity index (χ0n) is 18.4. The van der Waals surface area contributed by atoms with Gasteiger partial charge in [0.25, 0.3) is 0 Å². The Bertz CT molecular complexity index is 1290. The maximum Gasteiger partial charge on any atom is 0.573 e. The predicted molar refractivity (Wildman–Crippen MR) is 124 cm³/mol. The first-order chi connectivity index (χ1) is 16.8. The Morgan fingerprint density at radius 1 is 0.943 bits per heavy atom. The maximum atomic E-state index is 12.3. The van der Waals surface area contributed by atoms with Crippen LogP contribution in [0.3, 0.4) is 0 Å². The van der Waals surface area contributed by atoms with E-state index >= 15 is 0 Å². The second-order valence-electron chi connectivity index (χ2n) is 7.17. The van der Waals surface area contributed by atoms with Gasteiger partial charge in [0.2, 0.25) is 0 Å². The molecule has 3 aromatic carbocycles. The first-order valence-electron chi connectivity index (χ1n) is 10.5. The van der Waals surface area contributed by atoms with Crippen molar-refractivity contribution in [3.05, 3.63) is 79.1 Å². The molecule has 0 radical (unpaired) electrons. The van der Waals surface area contributed by atoms with Crippen molar-refractivity contribution < 1.29 is 27.4 Å². The lowest BCUT2D eigenvalue weighted by molar-refractivity contribution is -0.274. The molecular formula is C24H20F3N5O3. The second kappa shape index (κ2) is 10.2. The van der Waals surface area contributed by atoms with Crippen molar-refractivity contribution in [3.63, 3.8) is 0 Å². The summed E-state index contributed by atoms with van der Waals surface area (Å²) in [5.41, 5.74) is 2.36. The Labute approximate surface area is 198 Å². The minimum absolute atomic E-state index is 0.323. The van der Waals surface area contributed by atoms with Crippen LogP contribution < -0.4 is 20.1 Å². The van der Waals surface area contributed by atoms with Gasteiger partial charge in [-0.1, -0.05) is 6.07 Å². The minimum Gasteiger partial charge on any atom is -0.494 e. The van der Waals surface area contributed by atoms with E-state index in [0.29, 0.717) is 40.8 Å². The van der Waals surface area contributed by atoms with Gasteiger partial charge in [-0.15, -0.1) is 18.3 Å². The maximum absolute atomic E-state index is 12.3. The van der Waals surface area contributed by atoms with Crippen molar-refractivity contribution in [1.82, 2.24) is 14.8 Å². The average Bonchev–Trinajstić information content (AvgIpc) is 3.30. The largest absolute Gasteiger partial charge is 0.573 e. The number of anilines is 2. The molecule has 0 aliphatic rings. The van der Waals surface area contributed by atoms with E-state index in [-0.39, 0.29) is 5.75 Å². The van der Waals surface area contributed by atoms with Crippen molar-refractivity contribution in [1.29, 1.82) is 0 Å². The molecular weight excluding hydrogens is 463 g/mol. The lowest BCUT2D eigenvalue weighted by atomic mass is 10.2. The van der Waals surface area contributed by atoms with Gasteiger partial charge < -0.3 is 20.1 Å². The molecule has 0 saturated heterocycles. The van der Waals surface area contributed by atoms with Gasteiger partial charge in [-0.05, 0) is 67.6 Å². The van der Waals surface area contributed by atoms with Crippen molar-refractivity contribution in [2.45, 2.75) is 13.3 Å². The van der Waals surface area contributed by atoms with Crippen molar-refractivity contribution >= 4 is 17.4 Å². The number of nitrogens with one attached hydrogen (secondary N) is 2. The number of carbonyl (C=O) groups is 1. The van der Waals surface area contributed by atoms with Crippen molar-refractivity contribution in [3.8, 4) is 28.6 Å². The minimum atomic E-state index is -4.75. The summed E-state index contributed by atoms with van der Waals surface area (Å²) in [7, 11) is 0. The van der Waals surface area contributed by atoms with Crippen LogP contribution in [0, 0.1) is 0 Å². The van der Waals surface area contributed by atoms with Gasteiger partial charge in [0, 0.05) is 23.0 Å². The van der Waals surface area contributed by atoms with Gasteiger partial charge in [-0.2, -0.15) is 0 Å². The van der Waals surface area contributed by atoms with Crippen LogP contribution in [-0.2, 0) is 0 Å². The zero-order chi connectivity index (χ0) is 24.8. The Balaban J connectivity index is 1.38. The molecule has 4 aromatic rings. The molecule has 1 heterocycles. The number of carbonyl (C=O) groups excluding carboxylic acids is 1. The van der Waals surface area contributed by atoms with Gasteiger partial charge in [0.15, 0.2) is 5.82 Å². The van der Waals surface area contributed by atoms with E-state index in [2.05, 4.69) is 25.5 Å². The SMILES string of the molecule is CCOc1cccc(NC(=O)Nc2ccc(-c3ncn(-c4ccc(OC(F)(F)F)cc4)n3)cc2)c1. The highest BCUT2D eigenvalue weighted by molar-refractivity contribution is 5.99. The first-order valence-corrected chi connectivity index (χ1v) is 10.5. The van der Waals surface area contributed by atoms with E-state index in [4.69, 9.17) is 4.74 Å². The third-order valence-corrected chi connectivity index (χ3v) is 4.63. The van der Waals surface area contributed by atoms with E-state index in [1.54, 1.807) is 48.5 Å². The van der Waals surface area contributed by atoms with Crippen LogP contribution in [0.25, 0.3) is 17.1 Å². The van der Waals surface area contributed by atoms with Crippen LogP contribution in [0.5, 0.6) is 11.5 Å². The molecule has 0 bridgehead atoms. The Hall–Kier alpha value is -4.54. The van der Waals surface area contributed by atoms with E-state index in [1.807, 2.05) is 6.92 Å². The fourth-order valence-corrected chi connectivity index (χ4v) is 3.15. The molecule has 0 aliphatic carbocycles. The number of rotatable bonds is 7. The van der Waals surface area contributed by atoms with E-state index < -0.39 is 12.4 Å². The molecule has 8 nitrogen and oxygen atoms in total. The molecule has 0 aliphatic heterocycles. The molecule has 0 unspecified atom stereocenters. The van der Waals surface area contributed by atoms with E-state index in [0.717, 1.165) is 0 Å². The van der Waals surface area contributed by atoms with Gasteiger partial charge in [0.1, 0.15) is 17.8 Å². The topological polar surface area (TPSA) is 90.3 Å². The number of hydrogen-bond donors (Lipinski definition) is 2. The highest BCUT2D eigenvalue weighted by Gasteiger charge is 2.31. The number of benzene rings is 3. The molecule has 11 heteroatoms. The van der Waals surface area contributed by atoms with E-state index in [9.17, 15) is 18.0 Å². The predicted octanol–water partition coefficient (Wildman–Crippen LogP) is 5.88. The summed E-state index contributed by atoms with van der Waals surface area (Å²) in [5, 5.41) is 9.84. The Morgan fingerprint density at radius 3 is 2.34 bits per heavy atom. The molecule has 0 spiro atoms. The standard InChI is InChI=1S/C24H20F3N5O3/c1-2-34-21-5-3-4-18(14-21)30-23(33)29-17-8-6-16(7-9-17)22-28-15-32(31-22)19-10-12-20(13-11-19)35-24(25,26)27/h3-15H,2H2,1H3,(H2,29,30,33). The fraction of sp³-hybridized carbons (Fsp3) is 0.125. The molecule has 2 N–H and O–H groups in total. The smallest absolute Gasteiger partial charge is 0.494 e. The van der Waals surface area contributed by atoms with Crippen LogP contribution >= 0.6 is 0 Å². The van der Waals surface area contributed by atoms with Crippen LogP contribution in [0.4, 0.5) is 29.3 Å². The monoisotopic (exact) mass is 483 g/mol. The third kappa shape index (κ3) is 6.50. The summed E-state index contributed by atoms with van der Waals surface area (Å²) in [6, 6.07) is 18.8. The highest BCUT2D eigenvalue weighted by atomic mass is 19.4. The van der Waals surface area contributed by atoms with Gasteiger partial charge in [0.05, 0.1) is 12.3 Å². The molecule has 35 heavy (non-hydrogen) atoms. The summed E-state index contributed by atoms with van der Waals surface area (Å²) >= 11 is 0. The van der Waals surface area contributed by atoms with Crippen LogP contribution in [0.15, 0.2) is 79.1 Å². The molecule has 0 saturated carbocycles. The van der Waals surface area contributed by atoms with Crippen molar-refractivity contribution in [2.75, 3.05) is 17.2 Å². The number of ether oxygens (including phenoxy) is 2. The third-order valence-electron chi connectivity index (χ3n) is 4.63. The number of amides is 2. The number of hydrogen-bond acceptors (Lipinski definition) is 5. The number of aromatic nitrogens is 3. The number of urea groups is 1. The summed E-state index contributed by atoms with van der Waals surface area (Å²) < 4.78 is 47.7. The Kier molecular flexibility index (Phi) is 6.86. The number of halogens is 3.